The molecule has 1 aromatic carbocycles. The summed E-state index contributed by atoms with van der Waals surface area (Å²) in [5, 5.41) is 3.69. The van der Waals surface area contributed by atoms with E-state index in [0.29, 0.717) is 17.8 Å². The molecule has 0 aromatic heterocycles. The molecule has 18 heavy (non-hydrogen) atoms. The Balaban J connectivity index is 1.76. The fraction of sp³-hybridized carbons (Fsp3) is 0.600. The highest BCUT2D eigenvalue weighted by molar-refractivity contribution is 5.31. The minimum Gasteiger partial charge on any atom is -0.494 e. The van der Waals surface area contributed by atoms with Crippen LogP contribution in [0, 0.1) is 11.7 Å². The highest BCUT2D eigenvalue weighted by Crippen LogP contribution is 2.38. The van der Waals surface area contributed by atoms with Gasteiger partial charge in [-0.05, 0) is 49.3 Å². The van der Waals surface area contributed by atoms with Crippen LogP contribution in [0.1, 0.15) is 43.7 Å². The lowest BCUT2D eigenvalue weighted by Gasteiger charge is -2.34. The molecule has 1 saturated heterocycles. The molecule has 0 spiro atoms. The first-order chi connectivity index (χ1) is 8.78. The molecule has 3 rings (SSSR count). The van der Waals surface area contributed by atoms with Gasteiger partial charge in [0, 0.05) is 12.1 Å². The number of methoxy groups -OCH3 is 1. The molecule has 3 unspecified atom stereocenters. The van der Waals surface area contributed by atoms with Crippen LogP contribution in [0.3, 0.4) is 0 Å². The Labute approximate surface area is 108 Å². The molecule has 0 amide bonds. The first kappa shape index (κ1) is 12.0. The van der Waals surface area contributed by atoms with Crippen molar-refractivity contribution < 1.29 is 9.13 Å². The number of ether oxygens (including phenoxy) is 1. The molecule has 1 aliphatic carbocycles. The van der Waals surface area contributed by atoms with Crippen LogP contribution in [0.2, 0.25) is 0 Å². The summed E-state index contributed by atoms with van der Waals surface area (Å²) in [5.41, 5.74) is 1.05. The summed E-state index contributed by atoms with van der Waals surface area (Å²) in [6.45, 7) is 0. The first-order valence-electron chi connectivity index (χ1n) is 6.87. The van der Waals surface area contributed by atoms with Crippen molar-refractivity contribution in [1.82, 2.24) is 5.32 Å². The van der Waals surface area contributed by atoms with Gasteiger partial charge in [0.25, 0.3) is 0 Å². The van der Waals surface area contributed by atoms with Crippen LogP contribution in [-0.4, -0.2) is 13.2 Å². The Morgan fingerprint density at radius 1 is 1.22 bits per heavy atom. The average Bonchev–Trinajstić information content (AvgIpc) is 2.85. The van der Waals surface area contributed by atoms with Gasteiger partial charge in [-0.2, -0.15) is 0 Å². The lowest BCUT2D eigenvalue weighted by atomic mass is 9.87. The van der Waals surface area contributed by atoms with Gasteiger partial charge in [-0.25, -0.2) is 4.39 Å². The molecule has 98 valence electrons. The molecule has 2 aliphatic rings. The van der Waals surface area contributed by atoms with Crippen molar-refractivity contribution in [2.24, 2.45) is 5.92 Å². The molecule has 3 heteroatoms. The summed E-state index contributed by atoms with van der Waals surface area (Å²) >= 11 is 0. The number of fused-ring (bicyclic) bond motifs is 1. The second kappa shape index (κ2) is 4.88. The SMILES string of the molecule is COc1ccc(C2CCC3CCCC3N2)cc1F. The minimum atomic E-state index is -0.259. The molecule has 1 heterocycles. The van der Waals surface area contributed by atoms with Gasteiger partial charge in [0.05, 0.1) is 7.11 Å². The number of piperidine rings is 1. The molecule has 0 bridgehead atoms. The predicted molar refractivity (Wildman–Crippen MR) is 69.2 cm³/mol. The van der Waals surface area contributed by atoms with Gasteiger partial charge in [0.1, 0.15) is 0 Å². The Kier molecular flexibility index (Phi) is 3.25. The monoisotopic (exact) mass is 249 g/mol. The second-order valence-corrected chi connectivity index (χ2v) is 5.49. The molecular weight excluding hydrogens is 229 g/mol. The van der Waals surface area contributed by atoms with E-state index in [1.54, 1.807) is 12.1 Å². The smallest absolute Gasteiger partial charge is 0.165 e. The number of halogens is 1. The van der Waals surface area contributed by atoms with E-state index < -0.39 is 0 Å². The zero-order valence-electron chi connectivity index (χ0n) is 10.8. The van der Waals surface area contributed by atoms with Gasteiger partial charge in [-0.1, -0.05) is 12.5 Å². The molecule has 3 atom stereocenters. The van der Waals surface area contributed by atoms with Crippen LogP contribution in [0.15, 0.2) is 18.2 Å². The van der Waals surface area contributed by atoms with Crippen molar-refractivity contribution >= 4 is 0 Å². The van der Waals surface area contributed by atoms with E-state index in [4.69, 9.17) is 4.74 Å². The molecular formula is C15H20FNO. The van der Waals surface area contributed by atoms with Crippen LogP contribution in [0.5, 0.6) is 5.75 Å². The average molecular weight is 249 g/mol. The largest absolute Gasteiger partial charge is 0.494 e. The zero-order valence-corrected chi connectivity index (χ0v) is 10.8. The van der Waals surface area contributed by atoms with Gasteiger partial charge in [-0.15, -0.1) is 0 Å². The number of hydrogen-bond acceptors (Lipinski definition) is 2. The molecule has 1 aromatic rings. The normalized spacial score (nSPS) is 31.1. The van der Waals surface area contributed by atoms with Crippen molar-refractivity contribution in [3.63, 3.8) is 0 Å². The van der Waals surface area contributed by atoms with E-state index in [9.17, 15) is 4.39 Å². The molecule has 2 fully saturated rings. The van der Waals surface area contributed by atoms with E-state index >= 15 is 0 Å². The van der Waals surface area contributed by atoms with E-state index in [1.165, 1.54) is 32.8 Å². The fourth-order valence-corrected chi connectivity index (χ4v) is 3.49. The van der Waals surface area contributed by atoms with Gasteiger partial charge in [-0.3, -0.25) is 0 Å². The highest BCUT2D eigenvalue weighted by Gasteiger charge is 2.33. The first-order valence-corrected chi connectivity index (χ1v) is 6.87. The molecule has 1 N–H and O–H groups in total. The van der Waals surface area contributed by atoms with Crippen LogP contribution in [0.4, 0.5) is 4.39 Å². The Morgan fingerprint density at radius 3 is 2.89 bits per heavy atom. The van der Waals surface area contributed by atoms with Crippen molar-refractivity contribution in [1.29, 1.82) is 0 Å². The summed E-state index contributed by atoms with van der Waals surface area (Å²) in [4.78, 5) is 0. The van der Waals surface area contributed by atoms with Crippen molar-refractivity contribution in [2.45, 2.75) is 44.2 Å². The number of hydrogen-bond donors (Lipinski definition) is 1. The maximum Gasteiger partial charge on any atom is 0.165 e. The summed E-state index contributed by atoms with van der Waals surface area (Å²) in [7, 11) is 1.50. The van der Waals surface area contributed by atoms with Gasteiger partial charge in [0.15, 0.2) is 11.6 Å². The minimum absolute atomic E-state index is 0.259. The van der Waals surface area contributed by atoms with Gasteiger partial charge >= 0.3 is 0 Å². The van der Waals surface area contributed by atoms with Crippen molar-refractivity contribution in [3.8, 4) is 5.75 Å². The quantitative estimate of drug-likeness (QED) is 0.867. The number of rotatable bonds is 2. The summed E-state index contributed by atoms with van der Waals surface area (Å²) in [6, 6.07) is 6.28. The third kappa shape index (κ3) is 2.12. The Morgan fingerprint density at radius 2 is 2.11 bits per heavy atom. The second-order valence-electron chi connectivity index (χ2n) is 5.49. The van der Waals surface area contributed by atoms with Gasteiger partial charge < -0.3 is 10.1 Å². The van der Waals surface area contributed by atoms with Crippen LogP contribution in [-0.2, 0) is 0 Å². The third-order valence-electron chi connectivity index (χ3n) is 4.48. The fourth-order valence-electron chi connectivity index (χ4n) is 3.49. The lowest BCUT2D eigenvalue weighted by molar-refractivity contribution is 0.260. The van der Waals surface area contributed by atoms with Crippen molar-refractivity contribution in [3.05, 3.63) is 29.6 Å². The topological polar surface area (TPSA) is 21.3 Å². The Bertz CT molecular complexity index is 435. The van der Waals surface area contributed by atoms with E-state index in [2.05, 4.69) is 5.32 Å². The summed E-state index contributed by atoms with van der Waals surface area (Å²) < 4.78 is 18.7. The third-order valence-corrected chi connectivity index (χ3v) is 4.48. The molecule has 2 nitrogen and oxygen atoms in total. The predicted octanol–water partition coefficient (Wildman–Crippen LogP) is 3.43. The number of benzene rings is 1. The maximum absolute atomic E-state index is 13.7. The maximum atomic E-state index is 13.7. The molecule has 1 aliphatic heterocycles. The van der Waals surface area contributed by atoms with Crippen LogP contribution >= 0.6 is 0 Å². The number of nitrogens with one attached hydrogen (secondary N) is 1. The van der Waals surface area contributed by atoms with Crippen LogP contribution in [0.25, 0.3) is 0 Å². The Hall–Kier alpha value is -1.09. The van der Waals surface area contributed by atoms with Crippen LogP contribution < -0.4 is 10.1 Å². The van der Waals surface area contributed by atoms with E-state index in [0.717, 1.165) is 17.9 Å². The summed E-state index contributed by atoms with van der Waals surface area (Å²) in [5.74, 6) is 0.919. The summed E-state index contributed by atoms with van der Waals surface area (Å²) in [6.07, 6.45) is 6.37. The lowest BCUT2D eigenvalue weighted by Crippen LogP contribution is -2.40. The highest BCUT2D eigenvalue weighted by atomic mass is 19.1. The van der Waals surface area contributed by atoms with E-state index in [-0.39, 0.29) is 5.82 Å². The van der Waals surface area contributed by atoms with Gasteiger partial charge in [0.2, 0.25) is 0 Å². The standard InChI is InChI=1S/C15H20FNO/c1-18-15-8-6-11(9-12(15)16)14-7-5-10-3-2-4-13(10)17-14/h6,8-10,13-14,17H,2-5,7H2,1H3. The molecule has 0 radical (unpaired) electrons. The van der Waals surface area contributed by atoms with E-state index in [1.807, 2.05) is 6.07 Å². The molecule has 1 saturated carbocycles. The zero-order chi connectivity index (χ0) is 12.5. The van der Waals surface area contributed by atoms with Crippen molar-refractivity contribution in [2.75, 3.05) is 7.11 Å².